The van der Waals surface area contributed by atoms with Gasteiger partial charge >= 0.3 is 0 Å². The summed E-state index contributed by atoms with van der Waals surface area (Å²) in [4.78, 5) is 13.7. The monoisotopic (exact) mass is 380 g/mol. The van der Waals surface area contributed by atoms with Crippen LogP contribution in [-0.2, 0) is 12.8 Å². The Hall–Kier alpha value is -3.53. The van der Waals surface area contributed by atoms with Gasteiger partial charge in [-0.15, -0.1) is 6.58 Å². The lowest BCUT2D eigenvalue weighted by Crippen LogP contribution is -2.18. The maximum atomic E-state index is 4.60. The first-order valence-corrected chi connectivity index (χ1v) is 9.78. The zero-order chi connectivity index (χ0) is 20.2. The summed E-state index contributed by atoms with van der Waals surface area (Å²) in [5.74, 6) is 0.605. The number of allylic oxidation sites excluding steroid dienone is 2. The highest BCUT2D eigenvalue weighted by Crippen LogP contribution is 2.32. The molecule has 1 aromatic carbocycles. The number of rotatable bonds is 7. The highest BCUT2D eigenvalue weighted by molar-refractivity contribution is 5.83. The second kappa shape index (κ2) is 8.23. The van der Waals surface area contributed by atoms with Gasteiger partial charge in [0.1, 0.15) is 0 Å². The molecule has 29 heavy (non-hydrogen) atoms. The zero-order valence-electron chi connectivity index (χ0n) is 16.6. The van der Waals surface area contributed by atoms with Gasteiger partial charge in [0.15, 0.2) is 5.82 Å². The van der Waals surface area contributed by atoms with E-state index in [1.54, 1.807) is 0 Å². The Morgan fingerprint density at radius 1 is 1.14 bits per heavy atom. The summed E-state index contributed by atoms with van der Waals surface area (Å²) in [7, 11) is 0. The lowest BCUT2D eigenvalue weighted by Gasteiger charge is -2.17. The quantitative estimate of drug-likeness (QED) is 0.592. The number of benzene rings is 1. The molecule has 0 amide bonds. The molecule has 0 spiro atoms. The van der Waals surface area contributed by atoms with E-state index < -0.39 is 0 Å². The van der Waals surface area contributed by atoms with E-state index in [-0.39, 0.29) is 6.04 Å². The highest BCUT2D eigenvalue weighted by atomic mass is 15.0. The molecule has 1 aliphatic carbocycles. The minimum atomic E-state index is 0.130. The van der Waals surface area contributed by atoms with Gasteiger partial charge < -0.3 is 5.32 Å². The second-order valence-electron chi connectivity index (χ2n) is 7.20. The fourth-order valence-electron chi connectivity index (χ4n) is 3.57. The molecule has 0 saturated heterocycles. The van der Waals surface area contributed by atoms with E-state index in [9.17, 15) is 0 Å². The van der Waals surface area contributed by atoms with Crippen LogP contribution in [0, 0.1) is 0 Å². The Balaban J connectivity index is 1.50. The molecule has 0 unspecified atom stereocenters. The molecule has 0 fully saturated rings. The number of aromatic nitrogens is 3. The molecule has 1 aliphatic rings. The van der Waals surface area contributed by atoms with Crippen molar-refractivity contribution in [2.75, 3.05) is 0 Å². The SMILES string of the molecule is C=CCc1cnc2c(c1)C(c1cnc(C(=C)N[C@@H](C)c3ccccc3)nc1)=CC2. The third-order valence-electron chi connectivity index (χ3n) is 5.12. The van der Waals surface area contributed by atoms with Gasteiger partial charge in [-0.25, -0.2) is 9.97 Å². The predicted octanol–water partition coefficient (Wildman–Crippen LogP) is 4.91. The number of pyridine rings is 1. The average Bonchev–Trinajstić information content (AvgIpc) is 3.18. The molecule has 3 aromatic rings. The van der Waals surface area contributed by atoms with Crippen LogP contribution in [0.4, 0.5) is 0 Å². The smallest absolute Gasteiger partial charge is 0.174 e. The Morgan fingerprint density at radius 2 is 1.90 bits per heavy atom. The van der Waals surface area contributed by atoms with E-state index in [4.69, 9.17) is 0 Å². The minimum absolute atomic E-state index is 0.130. The Labute approximate surface area is 171 Å². The van der Waals surface area contributed by atoms with Crippen LogP contribution in [0.5, 0.6) is 0 Å². The van der Waals surface area contributed by atoms with E-state index in [1.807, 2.05) is 42.9 Å². The molecule has 0 saturated carbocycles. The molecular weight excluding hydrogens is 356 g/mol. The molecule has 4 nitrogen and oxygen atoms in total. The molecule has 4 heteroatoms. The molecule has 0 bridgehead atoms. The average molecular weight is 380 g/mol. The van der Waals surface area contributed by atoms with Crippen LogP contribution in [0.3, 0.4) is 0 Å². The lowest BCUT2D eigenvalue weighted by molar-refractivity contribution is 0.696. The lowest BCUT2D eigenvalue weighted by atomic mass is 10.0. The summed E-state index contributed by atoms with van der Waals surface area (Å²) in [6.07, 6.45) is 11.4. The van der Waals surface area contributed by atoms with Crippen molar-refractivity contribution in [1.82, 2.24) is 20.3 Å². The van der Waals surface area contributed by atoms with Crippen molar-refractivity contribution in [2.45, 2.75) is 25.8 Å². The van der Waals surface area contributed by atoms with Crippen LogP contribution < -0.4 is 5.32 Å². The summed E-state index contributed by atoms with van der Waals surface area (Å²) in [5.41, 5.74) is 7.46. The number of nitrogens with zero attached hydrogens (tertiary/aromatic N) is 3. The first-order chi connectivity index (χ1) is 14.2. The first-order valence-electron chi connectivity index (χ1n) is 9.78. The van der Waals surface area contributed by atoms with E-state index >= 15 is 0 Å². The Kier molecular flexibility index (Phi) is 5.34. The third kappa shape index (κ3) is 4.02. The molecular formula is C25H24N4. The second-order valence-corrected chi connectivity index (χ2v) is 7.20. The predicted molar refractivity (Wildman–Crippen MR) is 118 cm³/mol. The van der Waals surface area contributed by atoms with Gasteiger partial charge in [-0.05, 0) is 36.1 Å². The molecule has 144 valence electrons. The standard InChI is InChI=1S/C25H24N4/c1-4-8-19-13-23-22(11-12-24(23)26-14-19)21-15-27-25(28-16-21)18(3)29-17(2)20-9-6-5-7-10-20/h4-7,9-11,13-17,29H,1,3,8,12H2,2H3/t17-/m0/s1. The van der Waals surface area contributed by atoms with Gasteiger partial charge in [-0.2, -0.15) is 0 Å². The van der Waals surface area contributed by atoms with Gasteiger partial charge in [0.05, 0.1) is 11.4 Å². The van der Waals surface area contributed by atoms with Crippen molar-refractivity contribution < 1.29 is 0 Å². The first kappa shape index (κ1) is 18.8. The summed E-state index contributed by atoms with van der Waals surface area (Å²) in [5, 5.41) is 3.39. The maximum absolute atomic E-state index is 4.60. The van der Waals surface area contributed by atoms with Crippen molar-refractivity contribution in [3.8, 4) is 0 Å². The molecule has 0 radical (unpaired) electrons. The third-order valence-corrected chi connectivity index (χ3v) is 5.12. The van der Waals surface area contributed by atoms with Crippen molar-refractivity contribution >= 4 is 11.3 Å². The van der Waals surface area contributed by atoms with Crippen molar-refractivity contribution in [3.63, 3.8) is 0 Å². The van der Waals surface area contributed by atoms with Gasteiger partial charge in [0.25, 0.3) is 0 Å². The van der Waals surface area contributed by atoms with E-state index in [1.165, 1.54) is 5.56 Å². The van der Waals surface area contributed by atoms with E-state index in [0.717, 1.165) is 40.8 Å². The maximum Gasteiger partial charge on any atom is 0.174 e. The minimum Gasteiger partial charge on any atom is -0.376 e. The fourth-order valence-corrected chi connectivity index (χ4v) is 3.57. The molecule has 0 aliphatic heterocycles. The molecule has 2 aromatic heterocycles. The van der Waals surface area contributed by atoms with Crippen LogP contribution in [0.15, 0.2) is 80.3 Å². The Bertz CT molecular complexity index is 1070. The fraction of sp³-hybridized carbons (Fsp3) is 0.160. The van der Waals surface area contributed by atoms with Crippen LogP contribution >= 0.6 is 0 Å². The molecule has 1 N–H and O–H groups in total. The molecule has 2 heterocycles. The number of nitrogens with one attached hydrogen (secondary N) is 1. The number of hydrogen-bond acceptors (Lipinski definition) is 4. The van der Waals surface area contributed by atoms with Crippen molar-refractivity contribution in [3.05, 3.63) is 114 Å². The largest absolute Gasteiger partial charge is 0.376 e. The summed E-state index contributed by atoms with van der Waals surface area (Å²) in [6.45, 7) is 10.0. The van der Waals surface area contributed by atoms with Gasteiger partial charge in [-0.3, -0.25) is 4.98 Å². The van der Waals surface area contributed by atoms with Gasteiger partial charge in [-0.1, -0.05) is 49.1 Å². The number of fused-ring (bicyclic) bond motifs is 1. The molecule has 1 atom stereocenters. The van der Waals surface area contributed by atoms with E-state index in [2.05, 4.69) is 64.6 Å². The van der Waals surface area contributed by atoms with E-state index in [0.29, 0.717) is 11.5 Å². The van der Waals surface area contributed by atoms with Gasteiger partial charge in [0, 0.05) is 42.2 Å². The highest BCUT2D eigenvalue weighted by Gasteiger charge is 2.18. The molecule has 4 rings (SSSR count). The summed E-state index contributed by atoms with van der Waals surface area (Å²) in [6, 6.07) is 12.6. The van der Waals surface area contributed by atoms with Crippen LogP contribution in [-0.4, -0.2) is 15.0 Å². The van der Waals surface area contributed by atoms with Crippen LogP contribution in [0.1, 0.15) is 46.7 Å². The number of hydrogen-bond donors (Lipinski definition) is 1. The zero-order valence-corrected chi connectivity index (χ0v) is 16.6. The summed E-state index contributed by atoms with van der Waals surface area (Å²) >= 11 is 0. The van der Waals surface area contributed by atoms with Crippen LogP contribution in [0.25, 0.3) is 11.3 Å². The summed E-state index contributed by atoms with van der Waals surface area (Å²) < 4.78 is 0. The van der Waals surface area contributed by atoms with Gasteiger partial charge in [0.2, 0.25) is 0 Å². The Morgan fingerprint density at radius 3 is 2.62 bits per heavy atom. The van der Waals surface area contributed by atoms with Crippen molar-refractivity contribution in [2.24, 2.45) is 0 Å². The normalized spacial score (nSPS) is 13.3. The topological polar surface area (TPSA) is 50.7 Å². The van der Waals surface area contributed by atoms with Crippen molar-refractivity contribution in [1.29, 1.82) is 0 Å². The van der Waals surface area contributed by atoms with Crippen LogP contribution in [0.2, 0.25) is 0 Å².